The zero-order chi connectivity index (χ0) is 19.7. The minimum absolute atomic E-state index is 0.216. The Morgan fingerprint density at radius 2 is 2.11 bits per heavy atom. The number of hydrogen-bond donors (Lipinski definition) is 1. The van der Waals surface area contributed by atoms with E-state index >= 15 is 0 Å². The highest BCUT2D eigenvalue weighted by Crippen LogP contribution is 2.27. The van der Waals surface area contributed by atoms with Gasteiger partial charge in [-0.05, 0) is 34.1 Å². The number of fused-ring (bicyclic) bond motifs is 1. The molecule has 0 atom stereocenters. The Morgan fingerprint density at radius 3 is 2.86 bits per heavy atom. The minimum atomic E-state index is -0.358. The van der Waals surface area contributed by atoms with Crippen LogP contribution in [0, 0.1) is 11.0 Å². The molecule has 0 spiro atoms. The van der Waals surface area contributed by atoms with Crippen LogP contribution in [0.4, 0.5) is 10.2 Å². The summed E-state index contributed by atoms with van der Waals surface area (Å²) < 4.78 is 22.2. The Balaban J connectivity index is 1.72. The first-order chi connectivity index (χ1) is 13.6. The number of anilines is 1. The molecule has 0 unspecified atom stereocenters. The largest absolute Gasteiger partial charge is 0.616 e. The third kappa shape index (κ3) is 3.36. The van der Waals surface area contributed by atoms with Gasteiger partial charge in [-0.2, -0.15) is 9.61 Å². The van der Waals surface area contributed by atoms with Crippen LogP contribution in [-0.2, 0) is 6.54 Å². The molecule has 0 aliphatic rings. The molecule has 4 rings (SSSR count). The van der Waals surface area contributed by atoms with Crippen LogP contribution in [0.1, 0.15) is 5.56 Å². The normalized spacial score (nSPS) is 11.0. The van der Waals surface area contributed by atoms with E-state index in [1.54, 1.807) is 47.1 Å². The van der Waals surface area contributed by atoms with Crippen molar-refractivity contribution in [3.05, 3.63) is 75.9 Å². The van der Waals surface area contributed by atoms with E-state index in [1.807, 2.05) is 0 Å². The third-order valence-electron chi connectivity index (χ3n) is 4.20. The maximum atomic E-state index is 14.3. The summed E-state index contributed by atoms with van der Waals surface area (Å²) in [6.45, 7) is 0.361. The number of nitrogens with one attached hydrogen (secondary N) is 1. The van der Waals surface area contributed by atoms with Crippen LogP contribution >= 0.6 is 15.9 Å². The van der Waals surface area contributed by atoms with Crippen LogP contribution in [0.5, 0.6) is 5.88 Å². The van der Waals surface area contributed by atoms with E-state index in [4.69, 9.17) is 4.74 Å². The topological polar surface area (TPSA) is 78.4 Å². The number of nitrogens with zero attached hydrogens (tertiary/aromatic N) is 4. The Labute approximate surface area is 168 Å². The summed E-state index contributed by atoms with van der Waals surface area (Å²) in [5.74, 6) is 0.471. The first-order valence-corrected chi connectivity index (χ1v) is 9.15. The zero-order valence-corrected chi connectivity index (χ0v) is 16.4. The SMILES string of the molecule is COc1ccc(CNc2cc(-c3ccccc3F)nc3c(Br)cnn23)c[n+]1[O-]. The summed E-state index contributed by atoms with van der Waals surface area (Å²) >= 11 is 3.42. The Morgan fingerprint density at radius 1 is 1.29 bits per heavy atom. The molecule has 9 heteroatoms. The van der Waals surface area contributed by atoms with E-state index in [2.05, 4.69) is 31.3 Å². The molecule has 3 heterocycles. The van der Waals surface area contributed by atoms with E-state index in [9.17, 15) is 9.60 Å². The molecule has 1 N–H and O–H groups in total. The summed E-state index contributed by atoms with van der Waals surface area (Å²) in [5.41, 5.74) is 2.17. The van der Waals surface area contributed by atoms with Crippen molar-refractivity contribution < 1.29 is 13.9 Å². The Bertz CT molecular complexity index is 1160. The smallest absolute Gasteiger partial charge is 0.379 e. The number of ether oxygens (including phenoxy) is 1. The molecular formula is C19H15BrFN5O2. The van der Waals surface area contributed by atoms with Gasteiger partial charge in [-0.1, -0.05) is 12.1 Å². The molecule has 0 radical (unpaired) electrons. The second kappa shape index (κ2) is 7.43. The van der Waals surface area contributed by atoms with Gasteiger partial charge in [-0.15, -0.1) is 4.73 Å². The van der Waals surface area contributed by atoms with Gasteiger partial charge in [0.2, 0.25) is 0 Å². The molecule has 7 nitrogen and oxygen atoms in total. The minimum Gasteiger partial charge on any atom is -0.616 e. The van der Waals surface area contributed by atoms with Crippen LogP contribution in [-0.4, -0.2) is 21.7 Å². The molecule has 0 aliphatic carbocycles. The Hall–Kier alpha value is -3.20. The van der Waals surface area contributed by atoms with Gasteiger partial charge in [0.25, 0.3) is 0 Å². The highest BCUT2D eigenvalue weighted by molar-refractivity contribution is 9.10. The third-order valence-corrected chi connectivity index (χ3v) is 4.76. The highest BCUT2D eigenvalue weighted by atomic mass is 79.9. The van der Waals surface area contributed by atoms with Crippen molar-refractivity contribution in [1.29, 1.82) is 0 Å². The summed E-state index contributed by atoms with van der Waals surface area (Å²) in [5, 5.41) is 19.4. The van der Waals surface area contributed by atoms with Gasteiger partial charge in [0.05, 0.1) is 29.5 Å². The average molecular weight is 444 g/mol. The molecule has 0 aliphatic heterocycles. The number of halogens is 2. The molecule has 142 valence electrons. The molecule has 1 aromatic carbocycles. The van der Waals surface area contributed by atoms with E-state index in [0.29, 0.717) is 38.5 Å². The highest BCUT2D eigenvalue weighted by Gasteiger charge is 2.14. The van der Waals surface area contributed by atoms with Crippen molar-refractivity contribution in [2.75, 3.05) is 12.4 Å². The number of methoxy groups -OCH3 is 1. The van der Waals surface area contributed by atoms with E-state index in [1.165, 1.54) is 19.4 Å². The van der Waals surface area contributed by atoms with Crippen molar-refractivity contribution in [2.24, 2.45) is 0 Å². The maximum Gasteiger partial charge on any atom is 0.379 e. The molecule has 0 saturated carbocycles. The van der Waals surface area contributed by atoms with Crippen LogP contribution < -0.4 is 14.8 Å². The number of benzene rings is 1. The van der Waals surface area contributed by atoms with Crippen molar-refractivity contribution in [1.82, 2.24) is 14.6 Å². The summed E-state index contributed by atoms with van der Waals surface area (Å²) in [4.78, 5) is 4.52. The maximum absolute atomic E-state index is 14.3. The second-order valence-corrected chi connectivity index (χ2v) is 6.85. The lowest BCUT2D eigenvalue weighted by atomic mass is 10.1. The molecule has 0 saturated heterocycles. The van der Waals surface area contributed by atoms with Gasteiger partial charge < -0.3 is 15.3 Å². The first-order valence-electron chi connectivity index (χ1n) is 8.36. The molecule has 4 aromatic rings. The van der Waals surface area contributed by atoms with Crippen LogP contribution in [0.3, 0.4) is 0 Å². The van der Waals surface area contributed by atoms with Gasteiger partial charge in [0.1, 0.15) is 11.6 Å². The number of rotatable bonds is 5. The zero-order valence-electron chi connectivity index (χ0n) is 14.8. The molecule has 0 fully saturated rings. The quantitative estimate of drug-likeness (QED) is 0.376. The summed E-state index contributed by atoms with van der Waals surface area (Å²) in [7, 11) is 1.44. The molecular weight excluding hydrogens is 429 g/mol. The molecule has 0 amide bonds. The van der Waals surface area contributed by atoms with Crippen molar-refractivity contribution in [2.45, 2.75) is 6.54 Å². The molecule has 3 aromatic heterocycles. The van der Waals surface area contributed by atoms with Gasteiger partial charge >= 0.3 is 5.88 Å². The molecule has 0 bridgehead atoms. The van der Waals surface area contributed by atoms with Crippen LogP contribution in [0.2, 0.25) is 0 Å². The van der Waals surface area contributed by atoms with E-state index < -0.39 is 0 Å². The average Bonchev–Trinajstić information content (AvgIpc) is 3.07. The standard InChI is InChI=1S/C19H15BrFN5O2/c1-28-18-7-6-12(11-25(18)27)9-22-17-8-16(13-4-2-3-5-15(13)21)24-19-14(20)10-23-26(17)19/h2-8,10-11,22H,9H2,1H3. The predicted octanol–water partition coefficient (Wildman–Crippen LogP) is 3.55. The lowest BCUT2D eigenvalue weighted by molar-refractivity contribution is -0.612. The fourth-order valence-corrected chi connectivity index (χ4v) is 3.18. The summed E-state index contributed by atoms with van der Waals surface area (Å²) in [6, 6.07) is 11.6. The fraction of sp³-hybridized carbons (Fsp3) is 0.105. The van der Waals surface area contributed by atoms with Crippen molar-refractivity contribution in [3.63, 3.8) is 0 Å². The van der Waals surface area contributed by atoms with Gasteiger partial charge in [0, 0.05) is 23.7 Å². The van der Waals surface area contributed by atoms with Crippen LogP contribution in [0.15, 0.2) is 59.3 Å². The number of hydrogen-bond acceptors (Lipinski definition) is 5. The lowest BCUT2D eigenvalue weighted by Crippen LogP contribution is -2.28. The van der Waals surface area contributed by atoms with E-state index in [0.717, 1.165) is 5.56 Å². The Kier molecular flexibility index (Phi) is 4.82. The van der Waals surface area contributed by atoms with Crippen molar-refractivity contribution >= 4 is 27.4 Å². The van der Waals surface area contributed by atoms with Crippen molar-refractivity contribution in [3.8, 4) is 17.1 Å². The van der Waals surface area contributed by atoms with E-state index in [-0.39, 0.29) is 11.7 Å². The number of aromatic nitrogens is 4. The monoisotopic (exact) mass is 443 g/mol. The van der Waals surface area contributed by atoms with Crippen LogP contribution in [0.25, 0.3) is 16.9 Å². The molecule has 28 heavy (non-hydrogen) atoms. The van der Waals surface area contributed by atoms with Gasteiger partial charge in [-0.3, -0.25) is 0 Å². The van der Waals surface area contributed by atoms with Gasteiger partial charge in [-0.25, -0.2) is 9.37 Å². The number of pyridine rings is 1. The summed E-state index contributed by atoms with van der Waals surface area (Å²) in [6.07, 6.45) is 3.05. The fourth-order valence-electron chi connectivity index (χ4n) is 2.83. The lowest BCUT2D eigenvalue weighted by Gasteiger charge is -2.11. The predicted molar refractivity (Wildman–Crippen MR) is 105 cm³/mol. The second-order valence-electron chi connectivity index (χ2n) is 5.99. The van der Waals surface area contributed by atoms with Gasteiger partial charge in [0.15, 0.2) is 11.8 Å². The first kappa shape index (κ1) is 18.2.